The van der Waals surface area contributed by atoms with Crippen molar-refractivity contribution in [1.82, 2.24) is 25.5 Å². The smallest absolute Gasteiger partial charge is 0.268 e. The number of nitrogens with zero attached hydrogens (tertiary/aromatic N) is 3. The summed E-state index contributed by atoms with van der Waals surface area (Å²) < 4.78 is 0. The van der Waals surface area contributed by atoms with Crippen molar-refractivity contribution in [3.8, 4) is 11.3 Å². The maximum absolute atomic E-state index is 13.0. The molecule has 0 saturated carbocycles. The number of hydrogen-bond donors (Lipinski definition) is 4. The van der Waals surface area contributed by atoms with Gasteiger partial charge in [-0.2, -0.15) is 5.10 Å². The average Bonchev–Trinajstić information content (AvgIpc) is 3.00. The third-order valence-electron chi connectivity index (χ3n) is 4.64. The molecule has 0 spiro atoms. The summed E-state index contributed by atoms with van der Waals surface area (Å²) in [4.78, 5) is 20.6. The van der Waals surface area contributed by atoms with Crippen LogP contribution < -0.4 is 10.6 Å². The number of nitrogens with one attached hydrogen (secondary N) is 3. The lowest BCUT2D eigenvalue weighted by atomic mass is 10.1. The first-order valence-electron chi connectivity index (χ1n) is 9.63. The Kier molecular flexibility index (Phi) is 6.69. The molecule has 3 rings (SSSR count). The molecule has 0 aliphatic rings. The van der Waals surface area contributed by atoms with Crippen molar-refractivity contribution in [3.05, 3.63) is 58.0 Å². The van der Waals surface area contributed by atoms with Crippen LogP contribution in [0.4, 0.5) is 5.95 Å². The van der Waals surface area contributed by atoms with Gasteiger partial charge in [0.2, 0.25) is 5.95 Å². The molecule has 1 aromatic carbocycles. The lowest BCUT2D eigenvalue weighted by Crippen LogP contribution is -2.31. The molecule has 1 amide bonds. The van der Waals surface area contributed by atoms with Gasteiger partial charge in [0.1, 0.15) is 5.69 Å². The Morgan fingerprint density at radius 3 is 2.73 bits per heavy atom. The monoisotopic (exact) mass is 428 g/mol. The number of H-pyrrole nitrogens is 1. The van der Waals surface area contributed by atoms with Crippen LogP contribution in [0.3, 0.4) is 0 Å². The van der Waals surface area contributed by atoms with Gasteiger partial charge in [0, 0.05) is 22.3 Å². The number of carbonyl (C=O) groups is 1. The van der Waals surface area contributed by atoms with E-state index in [0.717, 1.165) is 22.4 Å². The Bertz CT molecular complexity index is 1050. The number of halogens is 1. The minimum absolute atomic E-state index is 0.165. The maximum Gasteiger partial charge on any atom is 0.268 e. The molecule has 0 unspecified atom stereocenters. The van der Waals surface area contributed by atoms with E-state index in [2.05, 4.69) is 30.8 Å². The fraction of sp³-hybridized carbons (Fsp3) is 0.333. The lowest BCUT2D eigenvalue weighted by molar-refractivity contribution is 0.0911. The van der Waals surface area contributed by atoms with Crippen molar-refractivity contribution < 1.29 is 9.90 Å². The highest BCUT2D eigenvalue weighted by Crippen LogP contribution is 2.28. The van der Waals surface area contributed by atoms with Gasteiger partial charge in [-0.05, 0) is 51.0 Å². The van der Waals surface area contributed by atoms with Crippen molar-refractivity contribution in [3.63, 3.8) is 0 Å². The number of benzene rings is 1. The first kappa shape index (κ1) is 21.7. The zero-order valence-electron chi connectivity index (χ0n) is 17.3. The van der Waals surface area contributed by atoms with E-state index in [9.17, 15) is 9.90 Å². The molecule has 0 aliphatic heterocycles. The second-order valence-electron chi connectivity index (χ2n) is 7.35. The molecule has 2 heterocycles. The predicted octanol–water partition coefficient (Wildman–Crippen LogP) is 3.42. The zero-order valence-corrected chi connectivity index (χ0v) is 18.1. The molecule has 9 heteroatoms. The summed E-state index contributed by atoms with van der Waals surface area (Å²) in [6, 6.07) is 6.63. The van der Waals surface area contributed by atoms with Crippen LogP contribution in [-0.2, 0) is 0 Å². The van der Waals surface area contributed by atoms with Gasteiger partial charge < -0.3 is 20.7 Å². The Balaban J connectivity index is 1.88. The van der Waals surface area contributed by atoms with Crippen molar-refractivity contribution >= 4 is 23.5 Å². The number of aliphatic hydroxyl groups excluding tert-OH is 1. The van der Waals surface area contributed by atoms with E-state index < -0.39 is 6.04 Å². The summed E-state index contributed by atoms with van der Waals surface area (Å²) in [7, 11) is 0. The van der Waals surface area contributed by atoms with Gasteiger partial charge in [-0.1, -0.05) is 23.7 Å². The van der Waals surface area contributed by atoms with Crippen molar-refractivity contribution in [2.24, 2.45) is 0 Å². The first-order valence-corrected chi connectivity index (χ1v) is 10.0. The van der Waals surface area contributed by atoms with E-state index in [1.54, 1.807) is 30.5 Å². The van der Waals surface area contributed by atoms with Gasteiger partial charge in [0.25, 0.3) is 5.91 Å². The molecule has 30 heavy (non-hydrogen) atoms. The topological polar surface area (TPSA) is 116 Å². The largest absolute Gasteiger partial charge is 0.394 e. The molecule has 158 valence electrons. The summed E-state index contributed by atoms with van der Waals surface area (Å²) >= 11 is 6.04. The van der Waals surface area contributed by atoms with E-state index >= 15 is 0 Å². The SMILES string of the molecule is Cc1[nH]c(C(=O)N[C@H](CO)c2cccc(Cl)c2)c(C)c1-c1cnnc(NC(C)C)n1. The normalized spacial score (nSPS) is 12.1. The number of aromatic nitrogens is 4. The second kappa shape index (κ2) is 9.23. The van der Waals surface area contributed by atoms with Crippen LogP contribution >= 0.6 is 11.6 Å². The third kappa shape index (κ3) is 4.77. The number of rotatable bonds is 7. The number of aromatic amines is 1. The maximum atomic E-state index is 13.0. The number of anilines is 1. The van der Waals surface area contributed by atoms with Gasteiger partial charge in [-0.3, -0.25) is 4.79 Å². The highest BCUT2D eigenvalue weighted by Gasteiger charge is 2.22. The van der Waals surface area contributed by atoms with Crippen LogP contribution in [0.1, 0.15) is 47.2 Å². The highest BCUT2D eigenvalue weighted by molar-refractivity contribution is 6.30. The van der Waals surface area contributed by atoms with Gasteiger partial charge in [0.05, 0.1) is 24.5 Å². The highest BCUT2D eigenvalue weighted by atomic mass is 35.5. The molecule has 0 fully saturated rings. The Hall–Kier alpha value is -2.97. The molecule has 8 nitrogen and oxygen atoms in total. The van der Waals surface area contributed by atoms with E-state index in [1.807, 2.05) is 27.7 Å². The molecule has 0 radical (unpaired) electrons. The third-order valence-corrected chi connectivity index (χ3v) is 4.87. The molecule has 3 aromatic rings. The van der Waals surface area contributed by atoms with Crippen molar-refractivity contribution in [2.75, 3.05) is 11.9 Å². The van der Waals surface area contributed by atoms with Crippen LogP contribution in [0.5, 0.6) is 0 Å². The molecule has 0 aliphatic carbocycles. The summed E-state index contributed by atoms with van der Waals surface area (Å²) in [5, 5.41) is 24.3. The summed E-state index contributed by atoms with van der Waals surface area (Å²) in [5.74, 6) is 0.0956. The van der Waals surface area contributed by atoms with Crippen molar-refractivity contribution in [2.45, 2.75) is 39.8 Å². The molecular formula is C21H25ClN6O2. The van der Waals surface area contributed by atoms with Gasteiger partial charge >= 0.3 is 0 Å². The quantitative estimate of drug-likeness (QED) is 0.458. The summed E-state index contributed by atoms with van der Waals surface area (Å²) in [6.07, 6.45) is 1.57. The first-order chi connectivity index (χ1) is 14.3. The van der Waals surface area contributed by atoms with Crippen LogP contribution in [0, 0.1) is 13.8 Å². The fourth-order valence-corrected chi connectivity index (χ4v) is 3.49. The molecule has 4 N–H and O–H groups in total. The van der Waals surface area contributed by atoms with E-state index in [-0.39, 0.29) is 18.6 Å². The van der Waals surface area contributed by atoms with Gasteiger partial charge in [0.15, 0.2) is 0 Å². The van der Waals surface area contributed by atoms with Gasteiger partial charge in [-0.15, -0.1) is 5.10 Å². The van der Waals surface area contributed by atoms with Crippen LogP contribution in [-0.4, -0.2) is 43.8 Å². The van der Waals surface area contributed by atoms with E-state index in [1.165, 1.54) is 0 Å². The van der Waals surface area contributed by atoms with Crippen molar-refractivity contribution in [1.29, 1.82) is 0 Å². The number of aryl methyl sites for hydroxylation is 1. The molecule has 0 saturated heterocycles. The second-order valence-corrected chi connectivity index (χ2v) is 7.79. The number of amides is 1. The summed E-state index contributed by atoms with van der Waals surface area (Å²) in [6.45, 7) is 7.44. The van der Waals surface area contributed by atoms with Crippen LogP contribution in [0.2, 0.25) is 5.02 Å². The number of aliphatic hydroxyl groups is 1. The molecule has 2 aromatic heterocycles. The van der Waals surface area contributed by atoms with Crippen LogP contribution in [0.25, 0.3) is 11.3 Å². The summed E-state index contributed by atoms with van der Waals surface area (Å²) in [5.41, 5.74) is 4.07. The minimum Gasteiger partial charge on any atom is -0.394 e. The number of hydrogen-bond acceptors (Lipinski definition) is 6. The standard InChI is InChI=1S/C21H25ClN6O2/c1-11(2)24-21-27-16(9-23-28-21)18-12(3)19(25-13(18)4)20(30)26-17(10-29)14-6-5-7-15(22)8-14/h5-9,11,17,25,29H,10H2,1-4H3,(H,26,30)(H,24,27,28)/t17-/m1/s1. The van der Waals surface area contributed by atoms with E-state index in [4.69, 9.17) is 11.6 Å². The average molecular weight is 429 g/mol. The Labute approximate surface area is 180 Å². The minimum atomic E-state index is -0.579. The van der Waals surface area contributed by atoms with E-state index in [0.29, 0.717) is 22.4 Å². The van der Waals surface area contributed by atoms with Crippen LogP contribution in [0.15, 0.2) is 30.5 Å². The number of carbonyl (C=O) groups excluding carboxylic acids is 1. The van der Waals surface area contributed by atoms with Gasteiger partial charge in [-0.25, -0.2) is 4.98 Å². The Morgan fingerprint density at radius 2 is 2.07 bits per heavy atom. The zero-order chi connectivity index (χ0) is 21.8. The Morgan fingerprint density at radius 1 is 1.30 bits per heavy atom. The molecule has 1 atom stereocenters. The lowest BCUT2D eigenvalue weighted by Gasteiger charge is -2.17. The molecular weight excluding hydrogens is 404 g/mol. The molecule has 0 bridgehead atoms. The fourth-order valence-electron chi connectivity index (χ4n) is 3.29. The predicted molar refractivity (Wildman–Crippen MR) is 117 cm³/mol.